The first-order chi connectivity index (χ1) is 15.0. The molecule has 162 valence electrons. The van der Waals surface area contributed by atoms with Gasteiger partial charge in [-0.2, -0.15) is 0 Å². The third-order valence-corrected chi connectivity index (χ3v) is 10.0. The Morgan fingerprint density at radius 1 is 1.23 bits per heavy atom. The fraction of sp³-hybridized carbons (Fsp3) is 0.500. The molecule has 1 aliphatic carbocycles. The molecule has 5 heterocycles. The van der Waals surface area contributed by atoms with Crippen LogP contribution in [0, 0.1) is 5.41 Å². The van der Waals surface area contributed by atoms with Gasteiger partial charge in [-0.1, -0.05) is 0 Å². The monoisotopic (exact) mass is 438 g/mol. The molecule has 3 aliphatic rings. The van der Waals surface area contributed by atoms with Gasteiger partial charge in [0.05, 0.1) is 33.4 Å². The summed E-state index contributed by atoms with van der Waals surface area (Å²) in [5.41, 5.74) is 2.84. The lowest BCUT2D eigenvalue weighted by molar-refractivity contribution is -0.0985. The van der Waals surface area contributed by atoms with Gasteiger partial charge >= 0.3 is 0 Å². The van der Waals surface area contributed by atoms with Gasteiger partial charge in [-0.3, -0.25) is 0 Å². The van der Waals surface area contributed by atoms with Gasteiger partial charge in [0.25, 0.3) is 0 Å². The van der Waals surface area contributed by atoms with Crippen LogP contribution in [0.15, 0.2) is 35.0 Å². The van der Waals surface area contributed by atoms with Crippen molar-refractivity contribution in [3.05, 3.63) is 36.3 Å². The van der Waals surface area contributed by atoms with Crippen LogP contribution in [0.4, 0.5) is 5.82 Å². The van der Waals surface area contributed by atoms with Crippen molar-refractivity contribution in [2.24, 2.45) is 9.78 Å². The molecular weight excluding hydrogens is 412 g/mol. The first-order valence-electron chi connectivity index (χ1n) is 10.7. The molecule has 0 amide bonds. The Morgan fingerprint density at radius 3 is 2.74 bits per heavy atom. The van der Waals surface area contributed by atoms with Crippen LogP contribution in [0.25, 0.3) is 22.4 Å². The summed E-state index contributed by atoms with van der Waals surface area (Å²) in [7, 11) is -0.748. The average Bonchev–Trinajstić information content (AvgIpc) is 3.23. The van der Waals surface area contributed by atoms with Crippen LogP contribution < -0.4 is 4.90 Å². The highest BCUT2D eigenvalue weighted by Crippen LogP contribution is 2.53. The molecular formula is C22H26N6O2S. The quantitative estimate of drug-likeness (QED) is 0.673. The van der Waals surface area contributed by atoms with E-state index in [2.05, 4.69) is 25.3 Å². The molecule has 1 N–H and O–H groups in total. The zero-order valence-corrected chi connectivity index (χ0v) is 18.6. The van der Waals surface area contributed by atoms with E-state index in [1.807, 2.05) is 18.3 Å². The lowest BCUT2D eigenvalue weighted by Gasteiger charge is -2.37. The zero-order chi connectivity index (χ0) is 21.3. The summed E-state index contributed by atoms with van der Waals surface area (Å²) in [4.78, 5) is 19.9. The summed E-state index contributed by atoms with van der Waals surface area (Å²) in [6.07, 6.45) is 8.20. The van der Waals surface area contributed by atoms with Crippen LogP contribution in [-0.4, -0.2) is 63.8 Å². The van der Waals surface area contributed by atoms with E-state index in [1.165, 1.54) is 0 Å². The summed E-state index contributed by atoms with van der Waals surface area (Å²) in [5, 5.41) is 0.984. The standard InChI is InChI=1S/C22H26N6O2S/c1-23-31(2,29)22(5-6-22)17-11-18(28-10-7-21(12-28)13-30-14-21)27-20(26-17)16-4-9-25-19-15(16)3-8-24-19/h3-4,8-9,11H,5-7,10,12-14H2,1-2H3,(H,24,25). The molecule has 1 saturated carbocycles. The lowest BCUT2D eigenvalue weighted by atomic mass is 9.85. The van der Waals surface area contributed by atoms with Gasteiger partial charge in [-0.25, -0.2) is 23.5 Å². The first-order valence-corrected chi connectivity index (χ1v) is 12.6. The Hall–Kier alpha value is -2.52. The van der Waals surface area contributed by atoms with Crippen molar-refractivity contribution in [2.75, 3.05) is 44.5 Å². The van der Waals surface area contributed by atoms with Crippen molar-refractivity contribution >= 4 is 26.6 Å². The molecule has 1 spiro atoms. The number of H-pyrrole nitrogens is 1. The molecule has 31 heavy (non-hydrogen) atoms. The summed E-state index contributed by atoms with van der Waals surface area (Å²) in [6.45, 7) is 3.53. The molecule has 2 saturated heterocycles. The predicted octanol–water partition coefficient (Wildman–Crippen LogP) is 2.96. The van der Waals surface area contributed by atoms with Crippen LogP contribution >= 0.6 is 0 Å². The van der Waals surface area contributed by atoms with Gasteiger partial charge in [-0.05, 0) is 31.4 Å². The Kier molecular flexibility index (Phi) is 4.02. The maximum absolute atomic E-state index is 13.4. The maximum Gasteiger partial charge on any atom is 0.162 e. The van der Waals surface area contributed by atoms with Crippen molar-refractivity contribution in [3.63, 3.8) is 0 Å². The molecule has 1 atom stereocenters. The minimum atomic E-state index is -2.40. The normalized spacial score (nSPS) is 23.0. The number of hydrogen-bond donors (Lipinski definition) is 1. The second-order valence-corrected chi connectivity index (χ2v) is 11.9. The van der Waals surface area contributed by atoms with Crippen LogP contribution in [0.1, 0.15) is 25.0 Å². The van der Waals surface area contributed by atoms with E-state index in [1.54, 1.807) is 19.5 Å². The highest BCUT2D eigenvalue weighted by molar-refractivity contribution is 7.94. The van der Waals surface area contributed by atoms with E-state index in [0.717, 1.165) is 73.7 Å². The Bertz CT molecular complexity index is 1300. The number of nitrogens with zero attached hydrogens (tertiary/aromatic N) is 5. The maximum atomic E-state index is 13.4. The van der Waals surface area contributed by atoms with Crippen LogP contribution in [0.5, 0.6) is 0 Å². The fourth-order valence-electron chi connectivity index (χ4n) is 4.98. The number of hydrogen-bond acceptors (Lipinski definition) is 7. The van der Waals surface area contributed by atoms with Crippen molar-refractivity contribution < 1.29 is 8.95 Å². The van der Waals surface area contributed by atoms with Gasteiger partial charge in [0, 0.05) is 61.2 Å². The van der Waals surface area contributed by atoms with E-state index < -0.39 is 14.5 Å². The van der Waals surface area contributed by atoms with E-state index in [0.29, 0.717) is 5.82 Å². The Labute approximate surface area is 181 Å². The first kappa shape index (κ1) is 19.2. The molecule has 0 aromatic carbocycles. The fourth-order valence-corrected chi connectivity index (χ4v) is 6.68. The molecule has 1 unspecified atom stereocenters. The van der Waals surface area contributed by atoms with Crippen molar-refractivity contribution in [3.8, 4) is 11.4 Å². The number of rotatable bonds is 4. The second kappa shape index (κ2) is 6.49. The largest absolute Gasteiger partial charge is 0.380 e. The Morgan fingerprint density at radius 2 is 2.06 bits per heavy atom. The number of aromatic amines is 1. The van der Waals surface area contributed by atoms with Crippen LogP contribution in [-0.2, 0) is 19.2 Å². The molecule has 3 fully saturated rings. The summed E-state index contributed by atoms with van der Waals surface area (Å²) in [5.74, 6) is 1.56. The second-order valence-electron chi connectivity index (χ2n) is 9.18. The minimum Gasteiger partial charge on any atom is -0.380 e. The molecule has 9 heteroatoms. The van der Waals surface area contributed by atoms with Crippen LogP contribution in [0.3, 0.4) is 0 Å². The van der Waals surface area contributed by atoms with Crippen molar-refractivity contribution in [1.82, 2.24) is 19.9 Å². The summed E-state index contributed by atoms with van der Waals surface area (Å²) < 4.78 is 22.7. The molecule has 8 nitrogen and oxygen atoms in total. The SMILES string of the molecule is CN=S(C)(=O)C1(c2cc(N3CCC4(COC4)C3)nc(-c3ccnc4[nH]ccc34)n2)CC1. The minimum absolute atomic E-state index is 0.254. The average molecular weight is 439 g/mol. The number of pyridine rings is 1. The van der Waals surface area contributed by atoms with E-state index in [4.69, 9.17) is 14.7 Å². The molecule has 3 aromatic rings. The van der Waals surface area contributed by atoms with E-state index >= 15 is 0 Å². The van der Waals surface area contributed by atoms with Gasteiger partial charge in [0.15, 0.2) is 5.82 Å². The van der Waals surface area contributed by atoms with Gasteiger partial charge in [-0.15, -0.1) is 0 Å². The molecule has 2 aliphatic heterocycles. The topological polar surface area (TPSA) is 96.4 Å². The number of anilines is 1. The highest BCUT2D eigenvalue weighted by atomic mass is 32.2. The number of aromatic nitrogens is 4. The zero-order valence-electron chi connectivity index (χ0n) is 17.8. The van der Waals surface area contributed by atoms with E-state index in [9.17, 15) is 4.21 Å². The molecule has 6 rings (SSSR count). The predicted molar refractivity (Wildman–Crippen MR) is 121 cm³/mol. The molecule has 3 aromatic heterocycles. The number of nitrogens with one attached hydrogen (secondary N) is 1. The van der Waals surface area contributed by atoms with Gasteiger partial charge < -0.3 is 14.6 Å². The van der Waals surface area contributed by atoms with Crippen molar-refractivity contribution in [1.29, 1.82) is 0 Å². The summed E-state index contributed by atoms with van der Waals surface area (Å²) in [6, 6.07) is 6.01. The third-order valence-electron chi connectivity index (χ3n) is 7.24. The molecule has 0 radical (unpaired) electrons. The van der Waals surface area contributed by atoms with E-state index in [-0.39, 0.29) is 5.41 Å². The number of fused-ring (bicyclic) bond motifs is 1. The Balaban J connectivity index is 1.52. The summed E-state index contributed by atoms with van der Waals surface area (Å²) >= 11 is 0. The third kappa shape index (κ3) is 2.82. The smallest absolute Gasteiger partial charge is 0.162 e. The van der Waals surface area contributed by atoms with Crippen LogP contribution in [0.2, 0.25) is 0 Å². The van der Waals surface area contributed by atoms with Gasteiger partial charge in [0.1, 0.15) is 11.5 Å². The number of ether oxygens (including phenoxy) is 1. The lowest BCUT2D eigenvalue weighted by Crippen LogP contribution is -2.44. The molecule has 0 bridgehead atoms. The van der Waals surface area contributed by atoms with Crippen molar-refractivity contribution in [2.45, 2.75) is 24.0 Å². The highest BCUT2D eigenvalue weighted by Gasteiger charge is 2.54. The van der Waals surface area contributed by atoms with Gasteiger partial charge in [0.2, 0.25) is 0 Å².